The molecule has 1 fully saturated rings. The maximum Gasteiger partial charge on any atom is 0.325 e. The number of benzene rings is 1. The van der Waals surface area contributed by atoms with Gasteiger partial charge in [-0.1, -0.05) is 18.2 Å². The lowest BCUT2D eigenvalue weighted by atomic mass is 10.1. The highest BCUT2D eigenvalue weighted by molar-refractivity contribution is 5.75. The maximum atomic E-state index is 13.4. The van der Waals surface area contributed by atoms with E-state index >= 15 is 0 Å². The number of rotatable bonds is 4. The Balaban J connectivity index is 2.22. The smallest absolute Gasteiger partial charge is 0.325 e. The Morgan fingerprint density at radius 2 is 2.13 bits per heavy atom. The van der Waals surface area contributed by atoms with Crippen LogP contribution in [0, 0.1) is 5.82 Å². The number of aliphatic carboxylic acids is 1. The molecule has 0 saturated heterocycles. The lowest BCUT2D eigenvalue weighted by Gasteiger charge is -2.14. The first-order chi connectivity index (χ1) is 7.18. The SMILES string of the molecule is O=C(O)C(NC1CC1)c1ccccc1F. The van der Waals surface area contributed by atoms with Crippen molar-refractivity contribution >= 4 is 5.97 Å². The molecule has 80 valence electrons. The van der Waals surface area contributed by atoms with Crippen molar-refractivity contribution in [3.05, 3.63) is 35.6 Å². The van der Waals surface area contributed by atoms with Gasteiger partial charge < -0.3 is 5.11 Å². The van der Waals surface area contributed by atoms with Gasteiger partial charge in [-0.15, -0.1) is 0 Å². The molecule has 1 saturated carbocycles. The summed E-state index contributed by atoms with van der Waals surface area (Å²) < 4.78 is 13.4. The molecule has 2 rings (SSSR count). The standard InChI is InChI=1S/C11H12FNO2/c12-9-4-2-1-3-8(9)10(11(14)15)13-7-5-6-7/h1-4,7,10,13H,5-6H2,(H,14,15). The zero-order valence-corrected chi connectivity index (χ0v) is 8.11. The lowest BCUT2D eigenvalue weighted by molar-refractivity contribution is -0.139. The minimum Gasteiger partial charge on any atom is -0.480 e. The third kappa shape index (κ3) is 2.33. The molecular weight excluding hydrogens is 197 g/mol. The van der Waals surface area contributed by atoms with Crippen molar-refractivity contribution in [2.24, 2.45) is 0 Å². The fourth-order valence-corrected chi connectivity index (χ4v) is 1.49. The first-order valence-electron chi connectivity index (χ1n) is 4.92. The van der Waals surface area contributed by atoms with Gasteiger partial charge in [-0.2, -0.15) is 0 Å². The van der Waals surface area contributed by atoms with E-state index in [0.717, 1.165) is 12.8 Å². The summed E-state index contributed by atoms with van der Waals surface area (Å²) in [5.41, 5.74) is 0.205. The summed E-state index contributed by atoms with van der Waals surface area (Å²) in [7, 11) is 0. The van der Waals surface area contributed by atoms with Crippen LogP contribution in [0.2, 0.25) is 0 Å². The fraction of sp³-hybridized carbons (Fsp3) is 0.364. The third-order valence-electron chi connectivity index (χ3n) is 2.44. The molecule has 0 spiro atoms. The Morgan fingerprint density at radius 1 is 1.47 bits per heavy atom. The lowest BCUT2D eigenvalue weighted by Crippen LogP contribution is -2.30. The van der Waals surface area contributed by atoms with Gasteiger partial charge in [0.2, 0.25) is 0 Å². The van der Waals surface area contributed by atoms with Crippen molar-refractivity contribution in [1.82, 2.24) is 5.32 Å². The molecule has 1 atom stereocenters. The molecule has 1 aromatic rings. The molecular formula is C11H12FNO2. The molecule has 0 aliphatic heterocycles. The topological polar surface area (TPSA) is 49.3 Å². The second-order valence-electron chi connectivity index (χ2n) is 3.73. The van der Waals surface area contributed by atoms with Crippen LogP contribution in [-0.2, 0) is 4.79 Å². The number of halogens is 1. The summed E-state index contributed by atoms with van der Waals surface area (Å²) in [6, 6.07) is 5.27. The fourth-order valence-electron chi connectivity index (χ4n) is 1.49. The van der Waals surface area contributed by atoms with Gasteiger partial charge in [0.15, 0.2) is 0 Å². The Morgan fingerprint density at radius 3 is 2.67 bits per heavy atom. The highest BCUT2D eigenvalue weighted by Crippen LogP contribution is 2.25. The molecule has 1 aliphatic rings. The highest BCUT2D eigenvalue weighted by Gasteiger charge is 2.30. The van der Waals surface area contributed by atoms with E-state index < -0.39 is 17.8 Å². The predicted molar refractivity (Wildman–Crippen MR) is 52.9 cm³/mol. The average Bonchev–Trinajstić information content (AvgIpc) is 2.99. The normalized spacial score (nSPS) is 17.4. The Labute approximate surface area is 86.9 Å². The molecule has 2 N–H and O–H groups in total. The zero-order valence-electron chi connectivity index (χ0n) is 8.11. The van der Waals surface area contributed by atoms with E-state index in [-0.39, 0.29) is 11.6 Å². The minimum atomic E-state index is -1.04. The molecule has 0 aromatic heterocycles. The predicted octanol–water partition coefficient (Wildman–Crippen LogP) is 1.70. The molecule has 1 aliphatic carbocycles. The number of hydrogen-bond acceptors (Lipinski definition) is 2. The molecule has 0 heterocycles. The molecule has 0 bridgehead atoms. The van der Waals surface area contributed by atoms with Crippen molar-refractivity contribution < 1.29 is 14.3 Å². The van der Waals surface area contributed by atoms with Gasteiger partial charge >= 0.3 is 5.97 Å². The number of nitrogens with one attached hydrogen (secondary N) is 1. The largest absolute Gasteiger partial charge is 0.480 e. The number of hydrogen-bond donors (Lipinski definition) is 2. The van der Waals surface area contributed by atoms with E-state index in [1.54, 1.807) is 12.1 Å². The van der Waals surface area contributed by atoms with Crippen molar-refractivity contribution in [1.29, 1.82) is 0 Å². The van der Waals surface area contributed by atoms with E-state index in [0.29, 0.717) is 0 Å². The van der Waals surface area contributed by atoms with Gasteiger partial charge in [-0.25, -0.2) is 4.39 Å². The van der Waals surface area contributed by atoms with Crippen LogP contribution in [0.15, 0.2) is 24.3 Å². The third-order valence-corrected chi connectivity index (χ3v) is 2.44. The molecule has 1 aromatic carbocycles. The van der Waals surface area contributed by atoms with Gasteiger partial charge in [0.05, 0.1) is 0 Å². The van der Waals surface area contributed by atoms with Crippen LogP contribution in [0.3, 0.4) is 0 Å². The Hall–Kier alpha value is -1.42. The molecule has 1 unspecified atom stereocenters. The van der Waals surface area contributed by atoms with Gasteiger partial charge in [-0.05, 0) is 18.9 Å². The van der Waals surface area contributed by atoms with Gasteiger partial charge in [0, 0.05) is 11.6 Å². The second kappa shape index (κ2) is 3.98. The zero-order chi connectivity index (χ0) is 10.8. The second-order valence-corrected chi connectivity index (χ2v) is 3.73. The van der Waals surface area contributed by atoms with Gasteiger partial charge in [-0.3, -0.25) is 10.1 Å². The molecule has 0 amide bonds. The summed E-state index contributed by atoms with van der Waals surface area (Å²) in [6.45, 7) is 0. The van der Waals surface area contributed by atoms with Crippen molar-refractivity contribution in [2.75, 3.05) is 0 Å². The number of carboxylic acids is 1. The summed E-state index contributed by atoms with van der Waals surface area (Å²) in [5.74, 6) is -1.51. The van der Waals surface area contributed by atoms with E-state index in [1.165, 1.54) is 12.1 Å². The highest BCUT2D eigenvalue weighted by atomic mass is 19.1. The van der Waals surface area contributed by atoms with Crippen molar-refractivity contribution in [3.63, 3.8) is 0 Å². The first kappa shape index (κ1) is 10.1. The molecule has 15 heavy (non-hydrogen) atoms. The van der Waals surface area contributed by atoms with Crippen LogP contribution in [0.25, 0.3) is 0 Å². The van der Waals surface area contributed by atoms with E-state index in [2.05, 4.69) is 5.32 Å². The average molecular weight is 209 g/mol. The molecule has 4 heteroatoms. The number of carbonyl (C=O) groups is 1. The van der Waals surface area contributed by atoms with Crippen molar-refractivity contribution in [2.45, 2.75) is 24.9 Å². The quantitative estimate of drug-likeness (QED) is 0.793. The first-order valence-corrected chi connectivity index (χ1v) is 4.92. The van der Waals surface area contributed by atoms with Crippen LogP contribution in [-0.4, -0.2) is 17.1 Å². The number of carboxylic acid groups (broad SMARTS) is 1. The van der Waals surface area contributed by atoms with Crippen LogP contribution in [0.1, 0.15) is 24.4 Å². The summed E-state index contributed by atoms with van der Waals surface area (Å²) in [5, 5.41) is 11.9. The molecule has 0 radical (unpaired) electrons. The van der Waals surface area contributed by atoms with Gasteiger partial charge in [0.1, 0.15) is 11.9 Å². The van der Waals surface area contributed by atoms with Crippen LogP contribution >= 0.6 is 0 Å². The van der Waals surface area contributed by atoms with Crippen LogP contribution < -0.4 is 5.32 Å². The maximum absolute atomic E-state index is 13.4. The van der Waals surface area contributed by atoms with Gasteiger partial charge in [0.25, 0.3) is 0 Å². The van der Waals surface area contributed by atoms with E-state index in [9.17, 15) is 9.18 Å². The van der Waals surface area contributed by atoms with Crippen LogP contribution in [0.4, 0.5) is 4.39 Å². The van der Waals surface area contributed by atoms with E-state index in [1.807, 2.05) is 0 Å². The monoisotopic (exact) mass is 209 g/mol. The summed E-state index contributed by atoms with van der Waals surface area (Å²) in [4.78, 5) is 11.0. The minimum absolute atomic E-state index is 0.205. The summed E-state index contributed by atoms with van der Waals surface area (Å²) in [6.07, 6.45) is 1.94. The van der Waals surface area contributed by atoms with Crippen molar-refractivity contribution in [3.8, 4) is 0 Å². The summed E-state index contributed by atoms with van der Waals surface area (Å²) >= 11 is 0. The Bertz CT molecular complexity index is 377. The van der Waals surface area contributed by atoms with Crippen LogP contribution in [0.5, 0.6) is 0 Å². The Kier molecular flexibility index (Phi) is 2.68. The molecule has 3 nitrogen and oxygen atoms in total. The van der Waals surface area contributed by atoms with E-state index in [4.69, 9.17) is 5.11 Å².